The van der Waals surface area contributed by atoms with Crippen LogP contribution in [-0.4, -0.2) is 24.5 Å². The van der Waals surface area contributed by atoms with Crippen molar-refractivity contribution in [2.45, 2.75) is 129 Å². The summed E-state index contributed by atoms with van der Waals surface area (Å²) < 4.78 is 0.457. The molecule has 33 heavy (non-hydrogen) atoms. The lowest BCUT2D eigenvalue weighted by Gasteiger charge is -2.27. The lowest BCUT2D eigenvalue weighted by molar-refractivity contribution is -0.828. The molecule has 0 saturated carbocycles. The van der Waals surface area contributed by atoms with Crippen LogP contribution >= 0.6 is 0 Å². The summed E-state index contributed by atoms with van der Waals surface area (Å²) in [6, 6.07) is 10.4. The number of quaternary nitrogens is 1. The minimum absolute atomic E-state index is 0.361. The fourth-order valence-electron chi connectivity index (χ4n) is 4.48. The lowest BCUT2D eigenvalue weighted by Crippen LogP contribution is -2.44. The van der Waals surface area contributed by atoms with Gasteiger partial charge < -0.3 is 0 Å². The summed E-state index contributed by atoms with van der Waals surface area (Å²) in [6.07, 6.45) is 28.2. The number of hydrogen-bond donors (Lipinski definition) is 0. The van der Waals surface area contributed by atoms with Crippen molar-refractivity contribution in [2.75, 3.05) is 14.1 Å². The average molecular weight is 457 g/mol. The van der Waals surface area contributed by atoms with E-state index in [0.29, 0.717) is 16.8 Å². The van der Waals surface area contributed by atoms with Gasteiger partial charge in [0.05, 0.1) is 20.5 Å². The highest BCUT2D eigenvalue weighted by molar-refractivity contribution is 5.68. The van der Waals surface area contributed by atoms with Crippen molar-refractivity contribution >= 4 is 5.91 Å². The highest BCUT2D eigenvalue weighted by Gasteiger charge is 2.25. The van der Waals surface area contributed by atoms with E-state index in [1.807, 2.05) is 20.2 Å². The van der Waals surface area contributed by atoms with Gasteiger partial charge in [-0.3, -0.25) is 4.48 Å². The molecule has 0 saturated heterocycles. The smallest absolute Gasteiger partial charge is 0.262 e. The standard InChI is InChI=1S/C31H54NO/c1-4-5-6-7-8-9-10-11-12-13-14-15-16-17-18-19-20-21-25-28-31(33)32(2,3)29-30-26-23-22-24-27-30/h11-12,22-24,26-27H,4-10,13-21,25,28-29H2,1-3H3/q+1. The monoisotopic (exact) mass is 456 g/mol. The maximum Gasteiger partial charge on any atom is 0.313 e. The van der Waals surface area contributed by atoms with Gasteiger partial charge in [0.15, 0.2) is 0 Å². The van der Waals surface area contributed by atoms with Gasteiger partial charge >= 0.3 is 5.91 Å². The molecule has 1 aromatic carbocycles. The van der Waals surface area contributed by atoms with Crippen LogP contribution in [-0.2, 0) is 11.3 Å². The summed E-state index contributed by atoms with van der Waals surface area (Å²) in [6.45, 7) is 3.07. The van der Waals surface area contributed by atoms with E-state index >= 15 is 0 Å². The van der Waals surface area contributed by atoms with Gasteiger partial charge in [-0.2, -0.15) is 0 Å². The minimum atomic E-state index is 0.361. The van der Waals surface area contributed by atoms with Crippen molar-refractivity contribution in [3.8, 4) is 0 Å². The Morgan fingerprint density at radius 2 is 1.12 bits per heavy atom. The fraction of sp³-hybridized carbons (Fsp3) is 0.710. The molecule has 0 aromatic heterocycles. The molecule has 2 nitrogen and oxygen atoms in total. The zero-order valence-corrected chi connectivity index (χ0v) is 22.3. The SMILES string of the molecule is CCCCCCCCC=CCCCCCCCCCCCC(=O)[N+](C)(C)Cc1ccccc1. The number of rotatable bonds is 21. The molecule has 0 atom stereocenters. The van der Waals surface area contributed by atoms with Crippen LogP contribution in [0.1, 0.15) is 128 Å². The first kappa shape index (κ1) is 29.6. The Hall–Kier alpha value is -1.41. The Morgan fingerprint density at radius 1 is 0.667 bits per heavy atom. The van der Waals surface area contributed by atoms with E-state index in [0.717, 1.165) is 13.0 Å². The van der Waals surface area contributed by atoms with Crippen LogP contribution in [0.4, 0.5) is 0 Å². The molecule has 0 aliphatic heterocycles. The Balaban J connectivity index is 1.87. The van der Waals surface area contributed by atoms with Crippen LogP contribution in [0.5, 0.6) is 0 Å². The average Bonchev–Trinajstić information content (AvgIpc) is 2.80. The molecular weight excluding hydrogens is 402 g/mol. The molecule has 0 aliphatic carbocycles. The van der Waals surface area contributed by atoms with Gasteiger partial charge in [0, 0.05) is 5.56 Å². The Morgan fingerprint density at radius 3 is 1.64 bits per heavy atom. The van der Waals surface area contributed by atoms with Crippen LogP contribution in [0.25, 0.3) is 0 Å². The number of carbonyl (C=O) groups excluding carboxylic acids is 1. The van der Waals surface area contributed by atoms with E-state index in [9.17, 15) is 4.79 Å². The van der Waals surface area contributed by atoms with Gasteiger partial charge in [0.2, 0.25) is 0 Å². The summed E-state index contributed by atoms with van der Waals surface area (Å²) in [7, 11) is 4.08. The summed E-state index contributed by atoms with van der Waals surface area (Å²) in [5.74, 6) is 0.361. The number of benzene rings is 1. The first-order valence-corrected chi connectivity index (χ1v) is 14.1. The highest BCUT2D eigenvalue weighted by Crippen LogP contribution is 2.15. The van der Waals surface area contributed by atoms with E-state index in [-0.39, 0.29) is 0 Å². The third-order valence-electron chi connectivity index (χ3n) is 6.75. The molecular formula is C31H54NO+. The summed E-state index contributed by atoms with van der Waals surface area (Å²) >= 11 is 0. The second kappa shape index (κ2) is 20.0. The largest absolute Gasteiger partial charge is 0.313 e. The molecule has 1 aromatic rings. The minimum Gasteiger partial charge on any atom is -0.262 e. The third kappa shape index (κ3) is 16.8. The quantitative estimate of drug-likeness (QED) is 0.102. The molecule has 0 aliphatic rings. The molecule has 1 amide bonds. The molecule has 1 rings (SSSR count). The van der Waals surface area contributed by atoms with Crippen molar-refractivity contribution in [3.63, 3.8) is 0 Å². The van der Waals surface area contributed by atoms with Gasteiger partial charge in [-0.15, -0.1) is 0 Å². The predicted molar refractivity (Wildman–Crippen MR) is 145 cm³/mol. The number of amides is 1. The second-order valence-corrected chi connectivity index (χ2v) is 10.5. The molecule has 0 radical (unpaired) electrons. The second-order valence-electron chi connectivity index (χ2n) is 10.5. The van der Waals surface area contributed by atoms with Crippen LogP contribution in [0.2, 0.25) is 0 Å². The van der Waals surface area contributed by atoms with Crippen LogP contribution in [0, 0.1) is 0 Å². The Bertz CT molecular complexity index is 605. The maximum atomic E-state index is 12.6. The maximum absolute atomic E-state index is 12.6. The topological polar surface area (TPSA) is 17.1 Å². The fourth-order valence-corrected chi connectivity index (χ4v) is 4.48. The van der Waals surface area contributed by atoms with Gasteiger partial charge in [-0.05, 0) is 32.1 Å². The first-order valence-electron chi connectivity index (χ1n) is 14.1. The van der Waals surface area contributed by atoms with Crippen LogP contribution in [0.15, 0.2) is 42.5 Å². The van der Waals surface area contributed by atoms with Crippen molar-refractivity contribution < 1.29 is 9.28 Å². The van der Waals surface area contributed by atoms with E-state index in [1.165, 1.54) is 108 Å². The van der Waals surface area contributed by atoms with Crippen LogP contribution in [0.3, 0.4) is 0 Å². The number of hydrogen-bond acceptors (Lipinski definition) is 1. The summed E-state index contributed by atoms with van der Waals surface area (Å²) in [5, 5.41) is 0. The Kier molecular flexibility index (Phi) is 18.0. The third-order valence-corrected chi connectivity index (χ3v) is 6.75. The van der Waals surface area contributed by atoms with Crippen molar-refractivity contribution in [2.24, 2.45) is 0 Å². The van der Waals surface area contributed by atoms with Crippen molar-refractivity contribution in [3.05, 3.63) is 48.0 Å². The van der Waals surface area contributed by atoms with Gasteiger partial charge in [-0.25, -0.2) is 4.79 Å². The van der Waals surface area contributed by atoms with E-state index in [2.05, 4.69) is 43.3 Å². The number of nitrogens with zero attached hydrogens (tertiary/aromatic N) is 1. The first-order chi connectivity index (χ1) is 16.1. The van der Waals surface area contributed by atoms with Gasteiger partial charge in [-0.1, -0.05) is 126 Å². The van der Waals surface area contributed by atoms with Crippen molar-refractivity contribution in [1.82, 2.24) is 0 Å². The molecule has 0 unspecified atom stereocenters. The van der Waals surface area contributed by atoms with Crippen LogP contribution < -0.4 is 0 Å². The zero-order valence-electron chi connectivity index (χ0n) is 22.3. The van der Waals surface area contributed by atoms with Crippen molar-refractivity contribution in [1.29, 1.82) is 0 Å². The summed E-state index contributed by atoms with van der Waals surface area (Å²) in [4.78, 5) is 12.6. The van der Waals surface area contributed by atoms with E-state index in [1.54, 1.807) is 0 Å². The van der Waals surface area contributed by atoms with E-state index in [4.69, 9.17) is 0 Å². The highest BCUT2D eigenvalue weighted by atomic mass is 16.2. The Labute approximate surface area is 206 Å². The number of unbranched alkanes of at least 4 members (excludes halogenated alkanes) is 15. The van der Waals surface area contributed by atoms with Gasteiger partial charge in [0.1, 0.15) is 6.54 Å². The van der Waals surface area contributed by atoms with Gasteiger partial charge in [0.25, 0.3) is 0 Å². The number of carbonyl (C=O) groups is 1. The summed E-state index contributed by atoms with van der Waals surface area (Å²) in [5.41, 5.74) is 1.24. The normalized spacial score (nSPS) is 12.0. The predicted octanol–water partition coefficient (Wildman–Crippen LogP) is 9.39. The molecule has 0 bridgehead atoms. The molecule has 0 spiro atoms. The lowest BCUT2D eigenvalue weighted by atomic mass is 10.0. The molecule has 0 fully saturated rings. The molecule has 0 heterocycles. The molecule has 2 heteroatoms. The van der Waals surface area contributed by atoms with E-state index < -0.39 is 0 Å². The number of allylic oxidation sites excluding steroid dienone is 2. The molecule has 188 valence electrons. The molecule has 0 N–H and O–H groups in total. The zero-order chi connectivity index (χ0) is 24.0.